The predicted octanol–water partition coefficient (Wildman–Crippen LogP) is 16.7. The lowest BCUT2D eigenvalue weighted by Gasteiger charge is -2.33. The summed E-state index contributed by atoms with van der Waals surface area (Å²) in [7, 11) is 0. The van der Waals surface area contributed by atoms with Gasteiger partial charge in [0.15, 0.2) is 0 Å². The molecule has 0 atom stereocenters. The van der Waals surface area contributed by atoms with Gasteiger partial charge < -0.3 is 14.5 Å². The Morgan fingerprint density at radius 3 is 1.64 bits per heavy atom. The monoisotopic (exact) mass is 879 g/mol. The van der Waals surface area contributed by atoms with Crippen molar-refractivity contribution in [3.05, 3.63) is 167 Å². The Hall–Kier alpha value is -5.81. The van der Waals surface area contributed by atoms with Crippen LogP contribution >= 0.6 is 0 Å². The number of aromatic nitrogens is 2. The Labute approximate surface area is 396 Å². The van der Waals surface area contributed by atoms with Crippen molar-refractivity contribution >= 4 is 33.2 Å². The van der Waals surface area contributed by atoms with Gasteiger partial charge in [-0.1, -0.05) is 172 Å². The van der Waals surface area contributed by atoms with Gasteiger partial charge in [0.25, 0.3) is 0 Å². The van der Waals surface area contributed by atoms with Gasteiger partial charge >= 0.3 is 0 Å². The molecular weight excluding hydrogens is 805 g/mol. The maximum Gasteiger partial charge on any atom is 0.137 e. The molecule has 0 fully saturated rings. The van der Waals surface area contributed by atoms with E-state index in [0.29, 0.717) is 6.67 Å². The van der Waals surface area contributed by atoms with Gasteiger partial charge in [-0.05, 0) is 104 Å². The van der Waals surface area contributed by atoms with E-state index in [9.17, 15) is 0 Å². The molecule has 3 heterocycles. The maximum atomic E-state index is 7.30. The number of hydrogen-bond donors (Lipinski definition) is 0. The summed E-state index contributed by atoms with van der Waals surface area (Å²) in [6.45, 7) is 39.9. The third-order valence-corrected chi connectivity index (χ3v) is 13.7. The van der Waals surface area contributed by atoms with E-state index >= 15 is 0 Å². The molecule has 0 aliphatic carbocycles. The number of benzene rings is 5. The Kier molecular flexibility index (Phi) is 11.5. The molecule has 0 saturated heterocycles. The van der Waals surface area contributed by atoms with Crippen LogP contribution < -0.4 is 14.5 Å². The number of allylic oxidation sites excluding steroid dienone is 1. The smallest absolute Gasteiger partial charge is 0.137 e. The standard InChI is InChI=1S/C61H74N4O/c1-56(2,3)41-27-28-62-54(34-41)65-51-26-22-21-25-49(51)55-50(61(16,17)40-23-19-18-20-24-40)36-48(37-52(55)65)66-47-33-44(59(10,11)12)32-46(35-47)64-39-63(38-53(64)60(13,14)15)45-30-42(57(4,5)6)29-43(31-45)58(7,8)9/h18-38H,39H2,1-17H3. The summed E-state index contributed by atoms with van der Waals surface area (Å²) >= 11 is 0. The highest BCUT2D eigenvalue weighted by atomic mass is 16.5. The number of ether oxygens (including phenoxy) is 1. The predicted molar refractivity (Wildman–Crippen MR) is 282 cm³/mol. The van der Waals surface area contributed by atoms with E-state index in [1.165, 1.54) is 55.5 Å². The minimum absolute atomic E-state index is 0.0137. The van der Waals surface area contributed by atoms with Crippen LogP contribution in [0.25, 0.3) is 27.6 Å². The minimum Gasteiger partial charge on any atom is -0.457 e. The molecule has 0 amide bonds. The molecule has 344 valence electrons. The number of fused-ring (bicyclic) bond motifs is 3. The van der Waals surface area contributed by atoms with Gasteiger partial charge in [-0.3, -0.25) is 4.57 Å². The average molecular weight is 879 g/mol. The SMILES string of the molecule is CC(C)(C)C1=CN(c2cc(C(C)(C)C)cc(C(C)(C)C)c2)CN1c1cc(Oc2cc(C(C)(C)c3ccccc3)c3c4ccccc4n(-c4cc(C(C)(C)C)ccn4)c3c2)cc(C(C)(C)C)c1. The van der Waals surface area contributed by atoms with E-state index < -0.39 is 0 Å². The molecule has 0 radical (unpaired) electrons. The van der Waals surface area contributed by atoms with Gasteiger partial charge in [-0.15, -0.1) is 0 Å². The van der Waals surface area contributed by atoms with Crippen molar-refractivity contribution in [1.82, 2.24) is 9.55 Å². The summed E-state index contributed by atoms with van der Waals surface area (Å²) in [4.78, 5) is 10.00. The number of para-hydroxylation sites is 1. The zero-order valence-electron chi connectivity index (χ0n) is 43.0. The van der Waals surface area contributed by atoms with Crippen LogP contribution in [0.4, 0.5) is 11.4 Å². The fourth-order valence-corrected chi connectivity index (χ4v) is 9.36. The van der Waals surface area contributed by atoms with Crippen LogP contribution in [0, 0.1) is 5.41 Å². The second-order valence-corrected chi connectivity index (χ2v) is 24.5. The molecule has 1 aliphatic heterocycles. The van der Waals surface area contributed by atoms with Gasteiger partial charge in [0.05, 0.1) is 17.7 Å². The highest BCUT2D eigenvalue weighted by Gasteiger charge is 2.34. The van der Waals surface area contributed by atoms with Crippen LogP contribution in [0.3, 0.4) is 0 Å². The van der Waals surface area contributed by atoms with Crippen LogP contribution in [0.2, 0.25) is 0 Å². The lowest BCUT2D eigenvalue weighted by atomic mass is 9.76. The second-order valence-electron chi connectivity index (χ2n) is 24.5. The Balaban J connectivity index is 1.32. The summed E-state index contributed by atoms with van der Waals surface area (Å²) in [6, 6.07) is 42.6. The summed E-state index contributed by atoms with van der Waals surface area (Å²) < 4.78 is 9.64. The average Bonchev–Trinajstić information content (AvgIpc) is 3.83. The van der Waals surface area contributed by atoms with Crippen molar-refractivity contribution in [2.45, 2.75) is 145 Å². The van der Waals surface area contributed by atoms with Crippen LogP contribution in [-0.2, 0) is 27.1 Å². The molecule has 66 heavy (non-hydrogen) atoms. The molecule has 7 aromatic rings. The number of anilines is 2. The van der Waals surface area contributed by atoms with E-state index in [0.717, 1.165) is 34.0 Å². The second kappa shape index (κ2) is 16.2. The van der Waals surface area contributed by atoms with E-state index in [1.54, 1.807) is 0 Å². The first-order valence-electron chi connectivity index (χ1n) is 24.0. The minimum atomic E-state index is -0.366. The molecule has 5 nitrogen and oxygen atoms in total. The van der Waals surface area contributed by atoms with Crippen molar-refractivity contribution in [3.8, 4) is 17.3 Å². The zero-order valence-corrected chi connectivity index (χ0v) is 43.0. The van der Waals surface area contributed by atoms with E-state index in [2.05, 4.69) is 254 Å². The first-order valence-corrected chi connectivity index (χ1v) is 24.0. The fourth-order valence-electron chi connectivity index (χ4n) is 9.36. The molecule has 1 aliphatic rings. The van der Waals surface area contributed by atoms with Gasteiger partial charge in [0.1, 0.15) is 17.3 Å². The first kappa shape index (κ1) is 46.7. The number of hydrogen-bond acceptors (Lipinski definition) is 4. The summed E-state index contributed by atoms with van der Waals surface area (Å²) in [5, 5.41) is 2.40. The largest absolute Gasteiger partial charge is 0.457 e. The molecule has 0 spiro atoms. The lowest BCUT2D eigenvalue weighted by Crippen LogP contribution is -2.31. The fraction of sp³-hybridized carbons (Fsp3) is 0.393. The van der Waals surface area contributed by atoms with E-state index in [-0.39, 0.29) is 32.5 Å². The highest BCUT2D eigenvalue weighted by molar-refractivity contribution is 6.11. The summed E-state index contributed by atoms with van der Waals surface area (Å²) in [5.41, 5.74) is 12.8. The van der Waals surface area contributed by atoms with Gasteiger partial charge in [-0.25, -0.2) is 4.98 Å². The topological polar surface area (TPSA) is 33.5 Å². The van der Waals surface area contributed by atoms with Crippen molar-refractivity contribution < 1.29 is 4.74 Å². The van der Waals surface area contributed by atoms with Crippen molar-refractivity contribution in [2.24, 2.45) is 5.41 Å². The molecule has 0 N–H and O–H groups in total. The molecule has 8 rings (SSSR count). The number of nitrogens with zero attached hydrogens (tertiary/aromatic N) is 4. The van der Waals surface area contributed by atoms with E-state index in [1.807, 2.05) is 6.20 Å². The third kappa shape index (κ3) is 9.03. The molecule has 0 saturated carbocycles. The quantitative estimate of drug-likeness (QED) is 0.160. The first-order chi connectivity index (χ1) is 30.6. The van der Waals surface area contributed by atoms with Crippen LogP contribution in [-0.4, -0.2) is 16.2 Å². The maximum absolute atomic E-state index is 7.30. The van der Waals surface area contributed by atoms with Crippen molar-refractivity contribution in [3.63, 3.8) is 0 Å². The zero-order chi connectivity index (χ0) is 47.9. The highest BCUT2D eigenvalue weighted by Crippen LogP contribution is 2.47. The third-order valence-electron chi connectivity index (χ3n) is 13.7. The Morgan fingerprint density at radius 2 is 1.03 bits per heavy atom. The lowest BCUT2D eigenvalue weighted by molar-refractivity contribution is 0.475. The molecule has 0 unspecified atom stereocenters. The summed E-state index contributed by atoms with van der Waals surface area (Å²) in [6.07, 6.45) is 4.33. The van der Waals surface area contributed by atoms with Crippen LogP contribution in [0.15, 0.2) is 133 Å². The Bertz CT molecular complexity index is 2930. The van der Waals surface area contributed by atoms with Gasteiger partial charge in [0, 0.05) is 63.2 Å². The number of rotatable bonds is 7. The van der Waals surface area contributed by atoms with Gasteiger partial charge in [0.2, 0.25) is 0 Å². The summed E-state index contributed by atoms with van der Waals surface area (Å²) in [5.74, 6) is 2.50. The Morgan fingerprint density at radius 1 is 0.470 bits per heavy atom. The van der Waals surface area contributed by atoms with Crippen molar-refractivity contribution in [1.29, 1.82) is 0 Å². The molecular formula is C61H74N4O. The van der Waals surface area contributed by atoms with E-state index in [4.69, 9.17) is 9.72 Å². The van der Waals surface area contributed by atoms with Crippen molar-refractivity contribution in [2.75, 3.05) is 16.5 Å². The van der Waals surface area contributed by atoms with Gasteiger partial charge in [-0.2, -0.15) is 0 Å². The van der Waals surface area contributed by atoms with Crippen LogP contribution in [0.1, 0.15) is 151 Å². The van der Waals surface area contributed by atoms with Crippen LogP contribution in [0.5, 0.6) is 11.5 Å². The molecule has 2 aromatic heterocycles. The molecule has 5 heteroatoms. The molecule has 5 aromatic carbocycles. The molecule has 0 bridgehead atoms. The normalized spacial score (nSPS) is 14.4. The number of pyridine rings is 1.